The fraction of sp³-hybridized carbons (Fsp3) is 0.444. The molecule has 1 heterocycles. The van der Waals surface area contributed by atoms with Crippen LogP contribution in [0, 0.1) is 12.8 Å². The average Bonchev–Trinajstić information content (AvgIpc) is 3.04. The van der Waals surface area contributed by atoms with E-state index in [0.717, 1.165) is 5.56 Å². The number of carboxylic acid groups (broad SMARTS) is 1. The Kier molecular flexibility index (Phi) is 4.83. The lowest BCUT2D eigenvalue weighted by atomic mass is 10.1. The zero-order valence-corrected chi connectivity index (χ0v) is 14.1. The van der Waals surface area contributed by atoms with Crippen LogP contribution in [0.2, 0.25) is 0 Å². The van der Waals surface area contributed by atoms with Gasteiger partial charge in [-0.25, -0.2) is 4.98 Å². The summed E-state index contributed by atoms with van der Waals surface area (Å²) in [7, 11) is 0. The van der Waals surface area contributed by atoms with E-state index in [1.54, 1.807) is 6.07 Å². The van der Waals surface area contributed by atoms with Crippen molar-refractivity contribution in [3.8, 4) is 0 Å². The van der Waals surface area contributed by atoms with Gasteiger partial charge < -0.3 is 10.4 Å². The molecule has 1 amide bonds. The minimum atomic E-state index is -0.805. The molecule has 1 saturated carbocycles. The van der Waals surface area contributed by atoms with E-state index in [2.05, 4.69) is 10.3 Å². The van der Waals surface area contributed by atoms with Gasteiger partial charge in [-0.15, -0.1) is 0 Å². The number of amides is 1. The highest BCUT2D eigenvalue weighted by molar-refractivity contribution is 5.80. The third-order valence-corrected chi connectivity index (χ3v) is 4.78. The summed E-state index contributed by atoms with van der Waals surface area (Å²) in [6.45, 7) is 2.15. The molecule has 132 valence electrons. The van der Waals surface area contributed by atoms with Crippen LogP contribution in [0.3, 0.4) is 0 Å². The lowest BCUT2D eigenvalue weighted by Crippen LogP contribution is -2.34. The monoisotopic (exact) mass is 343 g/mol. The van der Waals surface area contributed by atoms with Crippen LogP contribution < -0.4 is 10.9 Å². The summed E-state index contributed by atoms with van der Waals surface area (Å²) in [5.74, 6) is -1.35. The summed E-state index contributed by atoms with van der Waals surface area (Å²) in [6, 6.07) is 5.36. The Hall–Kier alpha value is -2.70. The van der Waals surface area contributed by atoms with Crippen molar-refractivity contribution in [2.75, 3.05) is 0 Å². The molecule has 1 aliphatic carbocycles. The SMILES string of the molecule is Cc1cccc2c(=O)n(CCC(=O)N[C@H]3CC[C@@H](C(=O)O)C3)cnc12. The Balaban J connectivity index is 1.61. The molecular weight excluding hydrogens is 322 g/mol. The Labute approximate surface area is 144 Å². The van der Waals surface area contributed by atoms with Crippen molar-refractivity contribution in [3.63, 3.8) is 0 Å². The first-order chi connectivity index (χ1) is 12.0. The number of nitrogens with zero attached hydrogens (tertiary/aromatic N) is 2. The minimum absolute atomic E-state index is 0.0947. The zero-order valence-electron chi connectivity index (χ0n) is 14.1. The van der Waals surface area contributed by atoms with E-state index in [0.29, 0.717) is 30.2 Å². The molecule has 1 aromatic heterocycles. The predicted octanol–water partition coefficient (Wildman–Crippen LogP) is 1.46. The number of carbonyl (C=O) groups excluding carboxylic acids is 1. The number of nitrogens with one attached hydrogen (secondary N) is 1. The van der Waals surface area contributed by atoms with Crippen LogP contribution in [-0.2, 0) is 16.1 Å². The molecule has 25 heavy (non-hydrogen) atoms. The van der Waals surface area contributed by atoms with Crippen molar-refractivity contribution >= 4 is 22.8 Å². The van der Waals surface area contributed by atoms with Gasteiger partial charge in [0.25, 0.3) is 5.56 Å². The molecule has 0 aliphatic heterocycles. The number of para-hydroxylation sites is 1. The van der Waals surface area contributed by atoms with Gasteiger partial charge in [-0.05, 0) is 37.8 Å². The summed E-state index contributed by atoms with van der Waals surface area (Å²) in [5.41, 5.74) is 1.46. The summed E-state index contributed by atoms with van der Waals surface area (Å²) in [4.78, 5) is 39.8. The van der Waals surface area contributed by atoms with Crippen molar-refractivity contribution in [2.45, 2.75) is 45.2 Å². The third kappa shape index (κ3) is 3.70. The van der Waals surface area contributed by atoms with Crippen molar-refractivity contribution in [1.82, 2.24) is 14.9 Å². The summed E-state index contributed by atoms with van der Waals surface area (Å²) >= 11 is 0. The van der Waals surface area contributed by atoms with E-state index in [1.165, 1.54) is 10.9 Å². The van der Waals surface area contributed by atoms with E-state index in [-0.39, 0.29) is 36.4 Å². The molecule has 2 aromatic rings. The molecule has 2 N–H and O–H groups in total. The predicted molar refractivity (Wildman–Crippen MR) is 92.3 cm³/mol. The Morgan fingerprint density at radius 1 is 1.36 bits per heavy atom. The zero-order chi connectivity index (χ0) is 18.0. The number of rotatable bonds is 5. The average molecular weight is 343 g/mol. The van der Waals surface area contributed by atoms with E-state index in [9.17, 15) is 14.4 Å². The number of hydrogen-bond acceptors (Lipinski definition) is 4. The molecule has 0 radical (unpaired) electrons. The van der Waals surface area contributed by atoms with Crippen LogP contribution in [0.4, 0.5) is 0 Å². The molecule has 3 rings (SSSR count). The highest BCUT2D eigenvalue weighted by Crippen LogP contribution is 2.25. The highest BCUT2D eigenvalue weighted by atomic mass is 16.4. The Bertz CT molecular complexity index is 874. The van der Waals surface area contributed by atoms with Gasteiger partial charge in [-0.1, -0.05) is 12.1 Å². The van der Waals surface area contributed by atoms with E-state index in [1.807, 2.05) is 19.1 Å². The number of aryl methyl sites for hydroxylation is 2. The maximum atomic E-state index is 12.5. The summed E-state index contributed by atoms with van der Waals surface area (Å²) in [6.07, 6.45) is 3.37. The van der Waals surface area contributed by atoms with E-state index in [4.69, 9.17) is 5.11 Å². The first-order valence-corrected chi connectivity index (χ1v) is 8.42. The number of carboxylic acids is 1. The smallest absolute Gasteiger partial charge is 0.306 e. The number of benzene rings is 1. The second kappa shape index (κ2) is 7.04. The minimum Gasteiger partial charge on any atom is -0.481 e. The van der Waals surface area contributed by atoms with Crippen LogP contribution >= 0.6 is 0 Å². The highest BCUT2D eigenvalue weighted by Gasteiger charge is 2.30. The molecule has 0 spiro atoms. The number of carbonyl (C=O) groups is 2. The van der Waals surface area contributed by atoms with Gasteiger partial charge in [0.2, 0.25) is 5.91 Å². The van der Waals surface area contributed by atoms with Crippen LogP contribution in [0.1, 0.15) is 31.2 Å². The van der Waals surface area contributed by atoms with Crippen LogP contribution in [0.25, 0.3) is 10.9 Å². The van der Waals surface area contributed by atoms with Crippen molar-refractivity contribution in [3.05, 3.63) is 40.4 Å². The molecule has 7 nitrogen and oxygen atoms in total. The lowest BCUT2D eigenvalue weighted by Gasteiger charge is -2.13. The normalized spacial score (nSPS) is 19.9. The fourth-order valence-electron chi connectivity index (χ4n) is 3.36. The quantitative estimate of drug-likeness (QED) is 0.856. The Morgan fingerprint density at radius 3 is 2.88 bits per heavy atom. The first-order valence-electron chi connectivity index (χ1n) is 8.42. The first kappa shape index (κ1) is 17.1. The molecule has 0 bridgehead atoms. The van der Waals surface area contributed by atoms with Crippen molar-refractivity contribution in [1.29, 1.82) is 0 Å². The fourth-order valence-corrected chi connectivity index (χ4v) is 3.36. The van der Waals surface area contributed by atoms with Gasteiger partial charge in [-0.2, -0.15) is 0 Å². The number of hydrogen-bond donors (Lipinski definition) is 2. The molecule has 1 aromatic carbocycles. The van der Waals surface area contributed by atoms with Gasteiger partial charge in [0.1, 0.15) is 0 Å². The summed E-state index contributed by atoms with van der Waals surface area (Å²) < 4.78 is 1.44. The molecule has 0 unspecified atom stereocenters. The largest absolute Gasteiger partial charge is 0.481 e. The van der Waals surface area contributed by atoms with Crippen LogP contribution in [0.5, 0.6) is 0 Å². The number of fused-ring (bicyclic) bond motifs is 1. The lowest BCUT2D eigenvalue weighted by molar-refractivity contribution is -0.141. The van der Waals surface area contributed by atoms with E-state index >= 15 is 0 Å². The van der Waals surface area contributed by atoms with Crippen molar-refractivity contribution < 1.29 is 14.7 Å². The maximum Gasteiger partial charge on any atom is 0.306 e. The maximum absolute atomic E-state index is 12.5. The second-order valence-corrected chi connectivity index (χ2v) is 6.58. The molecule has 7 heteroatoms. The summed E-state index contributed by atoms with van der Waals surface area (Å²) in [5, 5.41) is 12.4. The topological polar surface area (TPSA) is 101 Å². The van der Waals surface area contributed by atoms with Crippen molar-refractivity contribution in [2.24, 2.45) is 5.92 Å². The van der Waals surface area contributed by atoms with Crippen LogP contribution in [0.15, 0.2) is 29.3 Å². The number of aromatic nitrogens is 2. The van der Waals surface area contributed by atoms with Gasteiger partial charge in [0, 0.05) is 19.0 Å². The standard InChI is InChI=1S/C18H21N3O4/c1-11-3-2-4-14-16(11)19-10-21(17(14)23)8-7-15(22)20-13-6-5-12(9-13)18(24)25/h2-4,10,12-13H,5-9H2,1H3,(H,20,22)(H,24,25)/t12-,13+/m1/s1. The molecule has 0 saturated heterocycles. The molecule has 2 atom stereocenters. The number of aliphatic carboxylic acids is 1. The van der Waals surface area contributed by atoms with E-state index < -0.39 is 5.97 Å². The third-order valence-electron chi connectivity index (χ3n) is 4.78. The van der Waals surface area contributed by atoms with Gasteiger partial charge >= 0.3 is 5.97 Å². The van der Waals surface area contributed by atoms with Gasteiger partial charge in [0.05, 0.1) is 23.1 Å². The molecular formula is C18H21N3O4. The van der Waals surface area contributed by atoms with Crippen LogP contribution in [-0.4, -0.2) is 32.6 Å². The van der Waals surface area contributed by atoms with Gasteiger partial charge in [0.15, 0.2) is 0 Å². The molecule has 1 aliphatic rings. The van der Waals surface area contributed by atoms with Gasteiger partial charge in [-0.3, -0.25) is 19.0 Å². The second-order valence-electron chi connectivity index (χ2n) is 6.58. The molecule has 1 fully saturated rings. The Morgan fingerprint density at radius 2 is 2.16 bits per heavy atom.